The number of ether oxygens (including phenoxy) is 1. The summed E-state index contributed by atoms with van der Waals surface area (Å²) in [6.45, 7) is 3.87. The maximum Gasteiger partial charge on any atom is 0.262 e. The Morgan fingerprint density at radius 3 is 2.67 bits per heavy atom. The highest BCUT2D eigenvalue weighted by Gasteiger charge is 2.31. The fraction of sp³-hybridized carbons (Fsp3) is 0.263. The Kier molecular flexibility index (Phi) is 4.58. The summed E-state index contributed by atoms with van der Waals surface area (Å²) < 4.78 is 5.62. The zero-order valence-corrected chi connectivity index (χ0v) is 14.3. The van der Waals surface area contributed by atoms with Gasteiger partial charge >= 0.3 is 0 Å². The minimum absolute atomic E-state index is 0.0781. The van der Waals surface area contributed by atoms with Crippen molar-refractivity contribution in [1.82, 2.24) is 0 Å². The number of Topliss-reactive ketones (excluding diaryl/α,β-unsaturated/α-hetero) is 1. The molecule has 1 aliphatic carbocycles. The minimum atomic E-state index is -0.287. The number of nitrogens with one attached hydrogen (secondary N) is 1. The van der Waals surface area contributed by atoms with E-state index in [4.69, 9.17) is 16.3 Å². The molecular weight excluding hydrogens is 326 g/mol. The van der Waals surface area contributed by atoms with E-state index in [2.05, 4.69) is 5.32 Å². The molecule has 0 spiro atoms. The van der Waals surface area contributed by atoms with Crippen LogP contribution in [0.25, 0.3) is 0 Å². The van der Waals surface area contributed by atoms with Gasteiger partial charge in [-0.1, -0.05) is 24.6 Å². The first-order valence-electron chi connectivity index (χ1n) is 7.80. The molecule has 0 bridgehead atoms. The molecule has 0 unspecified atom stereocenters. The van der Waals surface area contributed by atoms with Crippen molar-refractivity contribution in [3.05, 3.63) is 58.1 Å². The van der Waals surface area contributed by atoms with Gasteiger partial charge < -0.3 is 10.1 Å². The van der Waals surface area contributed by atoms with E-state index in [0.717, 1.165) is 11.1 Å². The number of aryl methyl sites for hydroxylation is 1. The van der Waals surface area contributed by atoms with Crippen LogP contribution in [-0.2, 0) is 4.79 Å². The second-order valence-electron chi connectivity index (χ2n) is 6.04. The SMILES string of the molecule is Cc1ccc(OCC(=O)Nc2ccc(Cl)cc2)c2c1[C@@H](C)CC2=O. The van der Waals surface area contributed by atoms with Crippen molar-refractivity contribution in [2.24, 2.45) is 0 Å². The molecule has 124 valence electrons. The third kappa shape index (κ3) is 3.29. The largest absolute Gasteiger partial charge is 0.483 e. The van der Waals surface area contributed by atoms with Crippen molar-refractivity contribution in [3.8, 4) is 5.75 Å². The highest BCUT2D eigenvalue weighted by Crippen LogP contribution is 2.40. The second kappa shape index (κ2) is 6.65. The van der Waals surface area contributed by atoms with Crippen LogP contribution in [0.2, 0.25) is 5.02 Å². The van der Waals surface area contributed by atoms with Gasteiger partial charge in [0, 0.05) is 17.1 Å². The number of hydrogen-bond donors (Lipinski definition) is 1. The molecule has 24 heavy (non-hydrogen) atoms. The molecule has 3 rings (SSSR count). The first-order chi connectivity index (χ1) is 11.5. The Bertz CT molecular complexity index is 799. The molecule has 2 aromatic carbocycles. The number of amides is 1. The summed E-state index contributed by atoms with van der Waals surface area (Å²) in [6, 6.07) is 10.5. The Morgan fingerprint density at radius 1 is 1.25 bits per heavy atom. The average Bonchev–Trinajstić information content (AvgIpc) is 2.85. The van der Waals surface area contributed by atoms with Gasteiger partial charge in [-0.15, -0.1) is 0 Å². The quantitative estimate of drug-likeness (QED) is 0.897. The molecule has 0 saturated heterocycles. The summed E-state index contributed by atoms with van der Waals surface area (Å²) in [5.41, 5.74) is 3.39. The molecule has 0 aromatic heterocycles. The number of fused-ring (bicyclic) bond motifs is 1. The number of halogens is 1. The third-order valence-corrected chi connectivity index (χ3v) is 4.43. The number of carbonyl (C=O) groups excluding carboxylic acids is 2. The maximum absolute atomic E-state index is 12.2. The van der Waals surface area contributed by atoms with Crippen LogP contribution in [0.1, 0.15) is 40.7 Å². The van der Waals surface area contributed by atoms with Crippen molar-refractivity contribution in [3.63, 3.8) is 0 Å². The van der Waals surface area contributed by atoms with E-state index in [9.17, 15) is 9.59 Å². The lowest BCUT2D eigenvalue weighted by Crippen LogP contribution is -2.20. The van der Waals surface area contributed by atoms with Crippen LogP contribution in [0.15, 0.2) is 36.4 Å². The van der Waals surface area contributed by atoms with Crippen molar-refractivity contribution in [1.29, 1.82) is 0 Å². The number of carbonyl (C=O) groups is 2. The summed E-state index contributed by atoms with van der Waals surface area (Å²) in [6.07, 6.45) is 0.494. The summed E-state index contributed by atoms with van der Waals surface area (Å²) >= 11 is 5.81. The predicted octanol–water partition coefficient (Wildman–Crippen LogP) is 4.36. The monoisotopic (exact) mass is 343 g/mol. The van der Waals surface area contributed by atoms with Gasteiger partial charge in [-0.2, -0.15) is 0 Å². The lowest BCUT2D eigenvalue weighted by atomic mass is 9.97. The highest BCUT2D eigenvalue weighted by atomic mass is 35.5. The second-order valence-corrected chi connectivity index (χ2v) is 6.48. The molecule has 0 aliphatic heterocycles. The number of benzene rings is 2. The van der Waals surface area contributed by atoms with Gasteiger partial charge in [0.1, 0.15) is 5.75 Å². The van der Waals surface area contributed by atoms with E-state index in [1.54, 1.807) is 30.3 Å². The van der Waals surface area contributed by atoms with Gasteiger partial charge in [-0.3, -0.25) is 9.59 Å². The molecule has 2 aromatic rings. The predicted molar refractivity (Wildman–Crippen MR) is 94.1 cm³/mol. The Balaban J connectivity index is 1.70. The van der Waals surface area contributed by atoms with E-state index in [1.807, 2.05) is 19.9 Å². The molecule has 5 heteroatoms. The van der Waals surface area contributed by atoms with Crippen molar-refractivity contribution >= 4 is 29.0 Å². The highest BCUT2D eigenvalue weighted by molar-refractivity contribution is 6.30. The Morgan fingerprint density at radius 2 is 1.96 bits per heavy atom. The number of hydrogen-bond acceptors (Lipinski definition) is 3. The van der Waals surface area contributed by atoms with E-state index < -0.39 is 0 Å². The molecule has 0 radical (unpaired) electrons. The maximum atomic E-state index is 12.2. The van der Waals surface area contributed by atoms with Crippen LogP contribution in [0.4, 0.5) is 5.69 Å². The van der Waals surface area contributed by atoms with E-state index in [1.165, 1.54) is 0 Å². The first kappa shape index (κ1) is 16.5. The zero-order valence-electron chi connectivity index (χ0n) is 13.6. The van der Waals surface area contributed by atoms with E-state index >= 15 is 0 Å². The Labute approximate surface area is 145 Å². The molecule has 1 N–H and O–H groups in total. The van der Waals surface area contributed by atoms with Crippen LogP contribution in [0.5, 0.6) is 5.75 Å². The van der Waals surface area contributed by atoms with E-state index in [-0.39, 0.29) is 24.2 Å². The number of anilines is 1. The van der Waals surface area contributed by atoms with Crippen LogP contribution in [-0.4, -0.2) is 18.3 Å². The van der Waals surface area contributed by atoms with Gasteiger partial charge in [0.25, 0.3) is 5.91 Å². The summed E-state index contributed by atoms with van der Waals surface area (Å²) in [5.74, 6) is 0.467. The topological polar surface area (TPSA) is 55.4 Å². The summed E-state index contributed by atoms with van der Waals surface area (Å²) in [4.78, 5) is 24.3. The fourth-order valence-electron chi connectivity index (χ4n) is 3.10. The number of rotatable bonds is 4. The molecular formula is C19H18ClNO3. The number of ketones is 1. The first-order valence-corrected chi connectivity index (χ1v) is 8.18. The fourth-order valence-corrected chi connectivity index (χ4v) is 3.23. The third-order valence-electron chi connectivity index (χ3n) is 4.18. The van der Waals surface area contributed by atoms with Crippen molar-refractivity contribution < 1.29 is 14.3 Å². The van der Waals surface area contributed by atoms with E-state index in [0.29, 0.717) is 28.4 Å². The van der Waals surface area contributed by atoms with Crippen LogP contribution in [0.3, 0.4) is 0 Å². The molecule has 0 saturated carbocycles. The Hall–Kier alpha value is -2.33. The van der Waals surface area contributed by atoms with Gasteiger partial charge in [0.2, 0.25) is 0 Å². The molecule has 1 atom stereocenters. The van der Waals surface area contributed by atoms with Crippen LogP contribution in [0, 0.1) is 6.92 Å². The standard InChI is InChI=1S/C19H18ClNO3/c1-11-3-8-16(19-15(22)9-12(2)18(11)19)24-10-17(23)21-14-6-4-13(20)5-7-14/h3-8,12H,9-10H2,1-2H3,(H,21,23)/t12-/m0/s1. The van der Waals surface area contributed by atoms with Gasteiger partial charge in [-0.05, 0) is 54.3 Å². The molecule has 4 nitrogen and oxygen atoms in total. The van der Waals surface area contributed by atoms with Crippen LogP contribution >= 0.6 is 11.6 Å². The van der Waals surface area contributed by atoms with Crippen molar-refractivity contribution in [2.45, 2.75) is 26.2 Å². The molecule has 0 heterocycles. The lowest BCUT2D eigenvalue weighted by Gasteiger charge is -2.13. The van der Waals surface area contributed by atoms with Gasteiger partial charge in [0.05, 0.1) is 5.56 Å². The molecule has 1 aliphatic rings. The lowest BCUT2D eigenvalue weighted by molar-refractivity contribution is -0.118. The van der Waals surface area contributed by atoms with Gasteiger partial charge in [0.15, 0.2) is 12.4 Å². The van der Waals surface area contributed by atoms with Crippen LogP contribution < -0.4 is 10.1 Å². The zero-order chi connectivity index (χ0) is 17.3. The van der Waals surface area contributed by atoms with Gasteiger partial charge in [-0.25, -0.2) is 0 Å². The smallest absolute Gasteiger partial charge is 0.262 e. The van der Waals surface area contributed by atoms with Crippen molar-refractivity contribution in [2.75, 3.05) is 11.9 Å². The molecule has 1 amide bonds. The minimum Gasteiger partial charge on any atom is -0.483 e. The average molecular weight is 344 g/mol. The summed E-state index contributed by atoms with van der Waals surface area (Å²) in [5, 5.41) is 3.33. The molecule has 0 fully saturated rings. The summed E-state index contributed by atoms with van der Waals surface area (Å²) in [7, 11) is 0. The normalized spacial score (nSPS) is 16.0.